The Bertz CT molecular complexity index is 674. The van der Waals surface area contributed by atoms with E-state index < -0.39 is 17.6 Å². The Balaban J connectivity index is 2.24. The molecule has 21 heavy (non-hydrogen) atoms. The molecule has 0 bridgehead atoms. The van der Waals surface area contributed by atoms with Gasteiger partial charge in [0, 0.05) is 12.0 Å². The first kappa shape index (κ1) is 15.2. The second-order valence-electron chi connectivity index (χ2n) is 4.76. The van der Waals surface area contributed by atoms with E-state index in [0.29, 0.717) is 5.56 Å². The Morgan fingerprint density at radius 2 is 1.81 bits per heavy atom. The number of aryl methyl sites for hydroxylation is 1. The van der Waals surface area contributed by atoms with Crippen LogP contribution < -0.4 is 0 Å². The van der Waals surface area contributed by atoms with E-state index >= 15 is 0 Å². The normalized spacial score (nSPS) is 11.5. The molecule has 1 nitrogen and oxygen atoms in total. The third-order valence-corrected chi connectivity index (χ3v) is 3.11. The predicted molar refractivity (Wildman–Crippen MR) is 70.6 cm³/mol. The lowest BCUT2D eigenvalue weighted by molar-refractivity contribution is -0.137. The molecule has 0 aliphatic heterocycles. The van der Waals surface area contributed by atoms with Gasteiger partial charge in [-0.2, -0.15) is 13.2 Å². The number of rotatable bonds is 3. The monoisotopic (exact) mass is 296 g/mol. The van der Waals surface area contributed by atoms with Crippen LogP contribution >= 0.6 is 0 Å². The molecule has 0 amide bonds. The molecule has 0 aliphatic rings. The zero-order valence-corrected chi connectivity index (χ0v) is 11.2. The maximum Gasteiger partial charge on any atom is 0.416 e. The van der Waals surface area contributed by atoms with Gasteiger partial charge in [0.15, 0.2) is 5.78 Å². The summed E-state index contributed by atoms with van der Waals surface area (Å²) in [6, 6.07) is 8.57. The third-order valence-electron chi connectivity index (χ3n) is 3.11. The van der Waals surface area contributed by atoms with E-state index in [4.69, 9.17) is 0 Å². The minimum absolute atomic E-state index is 0.0516. The lowest BCUT2D eigenvalue weighted by Crippen LogP contribution is -2.09. The molecule has 2 aromatic carbocycles. The topological polar surface area (TPSA) is 17.1 Å². The Morgan fingerprint density at radius 3 is 2.38 bits per heavy atom. The molecule has 0 heterocycles. The number of Topliss-reactive ketones (excluding diaryl/α,β-unsaturated/α-hetero) is 1. The minimum atomic E-state index is -4.44. The number of halogens is 4. The predicted octanol–water partition coefficient (Wildman–Crippen LogP) is 4.58. The first-order valence-electron chi connectivity index (χ1n) is 6.23. The number of ketones is 1. The highest BCUT2D eigenvalue weighted by molar-refractivity contribution is 5.98. The summed E-state index contributed by atoms with van der Waals surface area (Å²) in [5.41, 5.74) is 0.167. The molecular weight excluding hydrogens is 284 g/mol. The van der Waals surface area contributed by atoms with Crippen LogP contribution in [-0.2, 0) is 12.6 Å². The van der Waals surface area contributed by atoms with Crippen molar-refractivity contribution in [2.45, 2.75) is 19.5 Å². The van der Waals surface area contributed by atoms with Gasteiger partial charge in [-0.05, 0) is 42.3 Å². The zero-order chi connectivity index (χ0) is 15.6. The lowest BCUT2D eigenvalue weighted by atomic mass is 9.97. The molecule has 0 radical (unpaired) electrons. The molecule has 110 valence electrons. The molecular formula is C16H12F4O. The first-order valence-corrected chi connectivity index (χ1v) is 6.23. The quantitative estimate of drug-likeness (QED) is 0.598. The fourth-order valence-corrected chi connectivity index (χ4v) is 2.08. The van der Waals surface area contributed by atoms with E-state index in [9.17, 15) is 22.4 Å². The molecule has 0 aromatic heterocycles. The molecule has 0 saturated carbocycles. The first-order chi connectivity index (χ1) is 9.77. The van der Waals surface area contributed by atoms with Crippen molar-refractivity contribution in [1.29, 1.82) is 0 Å². The SMILES string of the molecule is Cc1cc(C(F)(F)F)ccc1C(=O)Cc1cccc(F)c1. The van der Waals surface area contributed by atoms with Gasteiger partial charge in [-0.15, -0.1) is 0 Å². The second kappa shape index (κ2) is 5.68. The van der Waals surface area contributed by atoms with Crippen molar-refractivity contribution in [2.24, 2.45) is 0 Å². The standard InChI is InChI=1S/C16H12F4O/c1-10-7-12(16(18,19)20)5-6-14(10)15(21)9-11-3-2-4-13(17)8-11/h2-8H,9H2,1H3. The van der Waals surface area contributed by atoms with Crippen LogP contribution in [0.3, 0.4) is 0 Å². The van der Waals surface area contributed by atoms with Gasteiger partial charge < -0.3 is 0 Å². The maximum absolute atomic E-state index is 13.0. The van der Waals surface area contributed by atoms with Crippen molar-refractivity contribution in [3.8, 4) is 0 Å². The van der Waals surface area contributed by atoms with Crippen LogP contribution in [0, 0.1) is 12.7 Å². The van der Waals surface area contributed by atoms with Crippen molar-refractivity contribution in [2.75, 3.05) is 0 Å². The van der Waals surface area contributed by atoms with Crippen LogP contribution in [0.2, 0.25) is 0 Å². The van der Waals surface area contributed by atoms with E-state index in [0.717, 1.165) is 12.1 Å². The van der Waals surface area contributed by atoms with Crippen LogP contribution in [0.5, 0.6) is 0 Å². The number of carbonyl (C=O) groups excluding carboxylic acids is 1. The molecule has 0 saturated heterocycles. The summed E-state index contributed by atoms with van der Waals surface area (Å²) in [7, 11) is 0. The van der Waals surface area contributed by atoms with Crippen molar-refractivity contribution < 1.29 is 22.4 Å². The van der Waals surface area contributed by atoms with Gasteiger partial charge in [-0.3, -0.25) is 4.79 Å². The Morgan fingerprint density at radius 1 is 1.10 bits per heavy atom. The van der Waals surface area contributed by atoms with Gasteiger partial charge in [0.1, 0.15) is 5.82 Å². The molecule has 2 aromatic rings. The molecule has 0 unspecified atom stereocenters. The van der Waals surface area contributed by atoms with Crippen LogP contribution in [0.1, 0.15) is 27.0 Å². The average molecular weight is 296 g/mol. The summed E-state index contributed by atoms with van der Waals surface area (Å²) in [5, 5.41) is 0. The summed E-state index contributed by atoms with van der Waals surface area (Å²) >= 11 is 0. The molecule has 0 N–H and O–H groups in total. The van der Waals surface area contributed by atoms with Crippen molar-refractivity contribution >= 4 is 5.78 Å². The average Bonchev–Trinajstić information content (AvgIpc) is 2.37. The van der Waals surface area contributed by atoms with Crippen LogP contribution in [0.15, 0.2) is 42.5 Å². The molecule has 0 aliphatic carbocycles. The third kappa shape index (κ3) is 3.68. The molecule has 0 atom stereocenters. The van der Waals surface area contributed by atoms with Crippen LogP contribution in [-0.4, -0.2) is 5.78 Å². The van der Waals surface area contributed by atoms with Gasteiger partial charge in [-0.25, -0.2) is 4.39 Å². The van der Waals surface area contributed by atoms with E-state index in [1.165, 1.54) is 31.2 Å². The number of alkyl halides is 3. The highest BCUT2D eigenvalue weighted by Gasteiger charge is 2.30. The Hall–Kier alpha value is -2.17. The lowest BCUT2D eigenvalue weighted by Gasteiger charge is -2.10. The Kier molecular flexibility index (Phi) is 4.11. The van der Waals surface area contributed by atoms with Crippen LogP contribution in [0.4, 0.5) is 17.6 Å². The second-order valence-corrected chi connectivity index (χ2v) is 4.76. The van der Waals surface area contributed by atoms with E-state index in [-0.39, 0.29) is 23.3 Å². The number of hydrogen-bond donors (Lipinski definition) is 0. The smallest absolute Gasteiger partial charge is 0.294 e. The van der Waals surface area contributed by atoms with Crippen LogP contribution in [0.25, 0.3) is 0 Å². The van der Waals surface area contributed by atoms with Crippen molar-refractivity contribution in [1.82, 2.24) is 0 Å². The van der Waals surface area contributed by atoms with E-state index in [2.05, 4.69) is 0 Å². The van der Waals surface area contributed by atoms with Gasteiger partial charge in [-0.1, -0.05) is 18.2 Å². The van der Waals surface area contributed by atoms with Crippen molar-refractivity contribution in [3.05, 3.63) is 70.5 Å². The number of carbonyl (C=O) groups is 1. The summed E-state index contributed by atoms with van der Waals surface area (Å²) < 4.78 is 50.7. The summed E-state index contributed by atoms with van der Waals surface area (Å²) in [6.07, 6.45) is -4.49. The van der Waals surface area contributed by atoms with Gasteiger partial charge in [0.25, 0.3) is 0 Å². The number of benzene rings is 2. The highest BCUT2D eigenvalue weighted by Crippen LogP contribution is 2.30. The van der Waals surface area contributed by atoms with E-state index in [1.807, 2.05) is 0 Å². The molecule has 0 spiro atoms. The summed E-state index contributed by atoms with van der Waals surface area (Å²) in [6.45, 7) is 1.45. The Labute approximate surface area is 119 Å². The minimum Gasteiger partial charge on any atom is -0.294 e. The largest absolute Gasteiger partial charge is 0.416 e. The number of hydrogen-bond acceptors (Lipinski definition) is 1. The summed E-state index contributed by atoms with van der Waals surface area (Å²) in [4.78, 5) is 12.1. The molecule has 2 rings (SSSR count). The van der Waals surface area contributed by atoms with Crippen molar-refractivity contribution in [3.63, 3.8) is 0 Å². The van der Waals surface area contributed by atoms with Gasteiger partial charge >= 0.3 is 6.18 Å². The van der Waals surface area contributed by atoms with Gasteiger partial charge in [0.2, 0.25) is 0 Å². The maximum atomic E-state index is 13.0. The fraction of sp³-hybridized carbons (Fsp3) is 0.188. The molecule has 5 heteroatoms. The van der Waals surface area contributed by atoms with Gasteiger partial charge in [0.05, 0.1) is 5.56 Å². The highest BCUT2D eigenvalue weighted by atomic mass is 19.4. The van der Waals surface area contributed by atoms with E-state index in [1.54, 1.807) is 6.07 Å². The fourth-order valence-electron chi connectivity index (χ4n) is 2.08. The molecule has 0 fully saturated rings. The summed E-state index contributed by atoms with van der Waals surface area (Å²) in [5.74, 6) is -0.795. The zero-order valence-electron chi connectivity index (χ0n) is 11.2.